The molecule has 0 atom stereocenters. The van der Waals surface area contributed by atoms with Crippen LogP contribution >= 0.6 is 0 Å². The van der Waals surface area contributed by atoms with Gasteiger partial charge in [0.15, 0.2) is 0 Å². The van der Waals surface area contributed by atoms with Crippen molar-refractivity contribution in [3.05, 3.63) is 35.4 Å². The van der Waals surface area contributed by atoms with Gasteiger partial charge in [0.25, 0.3) is 0 Å². The molecule has 3 N–H and O–H groups in total. The molecule has 0 amide bonds. The van der Waals surface area contributed by atoms with Gasteiger partial charge in [-0.05, 0) is 11.1 Å². The summed E-state index contributed by atoms with van der Waals surface area (Å²) in [6.07, 6.45) is 0. The van der Waals surface area contributed by atoms with Gasteiger partial charge in [0.2, 0.25) is 0 Å². The summed E-state index contributed by atoms with van der Waals surface area (Å²) in [5, 5.41) is 8.67. The molecular weight excluding hydrogens is 174 g/mol. The molecule has 0 aliphatic heterocycles. The molecule has 0 aliphatic rings. The summed E-state index contributed by atoms with van der Waals surface area (Å²) in [5.74, 6) is 0. The molecule has 82 valence electrons. The van der Waals surface area contributed by atoms with Crippen molar-refractivity contribution in [1.82, 2.24) is 0 Å². The maximum Gasteiger partial charge on any atom is 0.0681 e. The van der Waals surface area contributed by atoms with Crippen LogP contribution < -0.4 is 5.73 Å². The van der Waals surface area contributed by atoms with E-state index >= 15 is 0 Å². The number of benzene rings is 1. The molecule has 0 unspecified atom stereocenters. The summed E-state index contributed by atoms with van der Waals surface area (Å²) < 4.78 is 0. The van der Waals surface area contributed by atoms with E-state index in [0.29, 0.717) is 6.54 Å². The van der Waals surface area contributed by atoms with E-state index < -0.39 is 0 Å². The van der Waals surface area contributed by atoms with Crippen LogP contribution in [0.2, 0.25) is 0 Å². The highest BCUT2D eigenvalue weighted by Gasteiger charge is 1.89. The Bertz CT molecular complexity index is 171. The Hall–Kier alpha value is -0.860. The van der Waals surface area contributed by atoms with E-state index in [1.54, 1.807) is 0 Å². The topological polar surface area (TPSA) is 46.2 Å². The van der Waals surface area contributed by atoms with Crippen molar-refractivity contribution in [2.45, 2.75) is 40.8 Å². The van der Waals surface area contributed by atoms with Crippen molar-refractivity contribution in [1.29, 1.82) is 0 Å². The Labute approximate surface area is 87.8 Å². The number of hydrogen-bond donors (Lipinski definition) is 2. The molecule has 0 spiro atoms. The number of nitrogens with two attached hydrogens (primary N) is 1. The van der Waals surface area contributed by atoms with Crippen molar-refractivity contribution < 1.29 is 5.11 Å². The molecule has 2 heteroatoms. The largest absolute Gasteiger partial charge is 0.392 e. The van der Waals surface area contributed by atoms with Gasteiger partial charge in [-0.1, -0.05) is 52.0 Å². The van der Waals surface area contributed by atoms with Gasteiger partial charge < -0.3 is 10.8 Å². The minimum absolute atomic E-state index is 0.102. The highest BCUT2D eigenvalue weighted by atomic mass is 16.3. The first-order valence-electron chi connectivity index (χ1n) is 5.25. The van der Waals surface area contributed by atoms with Crippen molar-refractivity contribution >= 4 is 0 Å². The third-order valence-electron chi connectivity index (χ3n) is 1.44. The van der Waals surface area contributed by atoms with Gasteiger partial charge in [-0.2, -0.15) is 0 Å². The van der Waals surface area contributed by atoms with Gasteiger partial charge in [0.1, 0.15) is 0 Å². The second kappa shape index (κ2) is 12.1. The van der Waals surface area contributed by atoms with E-state index in [1.165, 1.54) is 0 Å². The summed E-state index contributed by atoms with van der Waals surface area (Å²) in [5.41, 5.74) is 7.40. The summed E-state index contributed by atoms with van der Waals surface area (Å²) in [6, 6.07) is 7.60. The van der Waals surface area contributed by atoms with E-state index in [4.69, 9.17) is 10.8 Å². The van der Waals surface area contributed by atoms with Crippen molar-refractivity contribution in [2.75, 3.05) is 0 Å². The lowest BCUT2D eigenvalue weighted by atomic mass is 10.1. The zero-order valence-electron chi connectivity index (χ0n) is 9.75. The Morgan fingerprint density at radius 1 is 0.929 bits per heavy atom. The molecule has 0 aliphatic carbocycles. The van der Waals surface area contributed by atoms with Gasteiger partial charge in [0.05, 0.1) is 6.61 Å². The van der Waals surface area contributed by atoms with E-state index in [1.807, 2.05) is 52.0 Å². The highest BCUT2D eigenvalue weighted by Crippen LogP contribution is 2.02. The van der Waals surface area contributed by atoms with Gasteiger partial charge in [-0.3, -0.25) is 0 Å². The van der Waals surface area contributed by atoms with Crippen molar-refractivity contribution in [3.8, 4) is 0 Å². The van der Waals surface area contributed by atoms with E-state index in [0.717, 1.165) is 11.1 Å². The van der Waals surface area contributed by atoms with Crippen LogP contribution in [-0.2, 0) is 13.2 Å². The Balaban J connectivity index is 0. The summed E-state index contributed by atoms with van der Waals surface area (Å²) >= 11 is 0. The lowest BCUT2D eigenvalue weighted by Crippen LogP contribution is -1.95. The minimum atomic E-state index is 0.102. The van der Waals surface area contributed by atoms with Gasteiger partial charge in [-0.15, -0.1) is 0 Å². The summed E-state index contributed by atoms with van der Waals surface area (Å²) in [4.78, 5) is 0. The van der Waals surface area contributed by atoms with E-state index in [9.17, 15) is 0 Å². The van der Waals surface area contributed by atoms with E-state index in [2.05, 4.69) is 0 Å². The first-order chi connectivity index (χ1) is 6.86. The van der Waals surface area contributed by atoms with Crippen LogP contribution in [-0.4, -0.2) is 5.11 Å². The maximum atomic E-state index is 8.67. The summed E-state index contributed by atoms with van der Waals surface area (Å²) in [7, 11) is 0. The van der Waals surface area contributed by atoms with Crippen LogP contribution in [0.5, 0.6) is 0 Å². The van der Waals surface area contributed by atoms with Crippen LogP contribution in [0.25, 0.3) is 0 Å². The standard InChI is InChI=1S/C8H11NO.2C2H6/c9-5-7-1-3-8(6-10)4-2-7;2*1-2/h1-4,10H,5-6,9H2;2*1-2H3. The number of hydrogen-bond acceptors (Lipinski definition) is 2. The highest BCUT2D eigenvalue weighted by molar-refractivity contribution is 5.21. The maximum absolute atomic E-state index is 8.67. The molecule has 0 bridgehead atoms. The number of aliphatic hydroxyl groups is 1. The van der Waals surface area contributed by atoms with Crippen LogP contribution in [0.4, 0.5) is 0 Å². The molecule has 14 heavy (non-hydrogen) atoms. The Morgan fingerprint density at radius 2 is 1.29 bits per heavy atom. The fourth-order valence-corrected chi connectivity index (χ4v) is 0.781. The Kier molecular flexibility index (Phi) is 13.5. The molecule has 0 radical (unpaired) electrons. The normalized spacial score (nSPS) is 7.86. The molecule has 1 aromatic carbocycles. The minimum Gasteiger partial charge on any atom is -0.392 e. The zero-order valence-corrected chi connectivity index (χ0v) is 9.75. The third kappa shape index (κ3) is 6.63. The average molecular weight is 197 g/mol. The van der Waals surface area contributed by atoms with Crippen LogP contribution in [0.3, 0.4) is 0 Å². The molecule has 0 aromatic heterocycles. The van der Waals surface area contributed by atoms with Gasteiger partial charge in [-0.25, -0.2) is 0 Å². The SMILES string of the molecule is CC.CC.NCc1ccc(CO)cc1. The van der Waals surface area contributed by atoms with Gasteiger partial charge in [0, 0.05) is 6.54 Å². The van der Waals surface area contributed by atoms with Crippen molar-refractivity contribution in [2.24, 2.45) is 5.73 Å². The average Bonchev–Trinajstić information content (AvgIpc) is 2.34. The van der Waals surface area contributed by atoms with Crippen LogP contribution in [0, 0.1) is 0 Å². The molecule has 0 heterocycles. The zero-order chi connectivity index (χ0) is 11.4. The summed E-state index contributed by atoms with van der Waals surface area (Å²) in [6.45, 7) is 8.66. The molecule has 0 saturated heterocycles. The van der Waals surface area contributed by atoms with Crippen LogP contribution in [0.15, 0.2) is 24.3 Å². The first kappa shape index (κ1) is 15.6. The fourth-order valence-electron chi connectivity index (χ4n) is 0.781. The predicted octanol–water partition coefficient (Wildman–Crippen LogP) is 2.69. The fraction of sp³-hybridized carbons (Fsp3) is 0.500. The van der Waals surface area contributed by atoms with Crippen molar-refractivity contribution in [3.63, 3.8) is 0 Å². The van der Waals surface area contributed by atoms with Crippen LogP contribution in [0.1, 0.15) is 38.8 Å². The molecule has 1 aromatic rings. The molecule has 0 fully saturated rings. The monoisotopic (exact) mass is 197 g/mol. The second-order valence-electron chi connectivity index (χ2n) is 2.18. The molecule has 0 saturated carbocycles. The quantitative estimate of drug-likeness (QED) is 0.765. The predicted molar refractivity (Wildman–Crippen MR) is 63.0 cm³/mol. The number of rotatable bonds is 2. The second-order valence-corrected chi connectivity index (χ2v) is 2.18. The lowest BCUT2D eigenvalue weighted by Gasteiger charge is -1.97. The molecule has 2 nitrogen and oxygen atoms in total. The van der Waals surface area contributed by atoms with E-state index in [-0.39, 0.29) is 6.61 Å². The Morgan fingerprint density at radius 3 is 1.57 bits per heavy atom. The first-order valence-corrected chi connectivity index (χ1v) is 5.25. The number of aliphatic hydroxyl groups excluding tert-OH is 1. The van der Waals surface area contributed by atoms with Gasteiger partial charge >= 0.3 is 0 Å². The third-order valence-corrected chi connectivity index (χ3v) is 1.44. The molecule has 1 rings (SSSR count). The smallest absolute Gasteiger partial charge is 0.0681 e. The lowest BCUT2D eigenvalue weighted by molar-refractivity contribution is 0.282. The molecular formula is C12H23NO.